The number of hydrogen-bond donors (Lipinski definition) is 0. The highest BCUT2D eigenvalue weighted by molar-refractivity contribution is 7.16. The van der Waals surface area contributed by atoms with Gasteiger partial charge in [0.1, 0.15) is 0 Å². The lowest BCUT2D eigenvalue weighted by Crippen LogP contribution is -1.93. The summed E-state index contributed by atoms with van der Waals surface area (Å²) < 4.78 is 0. The largest absolute Gasteiger partial charge is 0.135 e. The van der Waals surface area contributed by atoms with Gasteiger partial charge in [-0.3, -0.25) is 0 Å². The van der Waals surface area contributed by atoms with Crippen molar-refractivity contribution in [2.45, 2.75) is 13.3 Å². The maximum Gasteiger partial charge on any atom is 0.0349 e. The predicted octanol–water partition coefficient (Wildman–Crippen LogP) is 5.39. The molecule has 0 spiro atoms. The minimum atomic E-state index is 0.660. The first kappa shape index (κ1) is 11.5. The Balaban J connectivity index is 1.93. The van der Waals surface area contributed by atoms with Crippen molar-refractivity contribution in [1.82, 2.24) is 0 Å². The number of benzene rings is 1. The van der Waals surface area contributed by atoms with Crippen LogP contribution in [0.15, 0.2) is 60.7 Å². The first-order valence-corrected chi connectivity index (χ1v) is 7.18. The van der Waals surface area contributed by atoms with Gasteiger partial charge in [-0.1, -0.05) is 55.5 Å². The molecule has 90 valence electrons. The van der Waals surface area contributed by atoms with E-state index in [1.54, 1.807) is 0 Å². The van der Waals surface area contributed by atoms with Crippen LogP contribution in [-0.2, 0) is 0 Å². The molecule has 1 heterocycles. The Kier molecular flexibility index (Phi) is 3.16. The van der Waals surface area contributed by atoms with Gasteiger partial charge in [-0.15, -0.1) is 11.3 Å². The van der Waals surface area contributed by atoms with E-state index in [9.17, 15) is 0 Å². The van der Waals surface area contributed by atoms with Gasteiger partial charge >= 0.3 is 0 Å². The molecule has 1 heteroatoms. The predicted molar refractivity (Wildman–Crippen MR) is 80.7 cm³/mol. The number of thiophene rings is 1. The molecule has 0 bridgehead atoms. The molecular formula is C17H16S. The van der Waals surface area contributed by atoms with Crippen LogP contribution in [0, 0.1) is 5.92 Å². The molecule has 0 N–H and O–H groups in total. The Morgan fingerprint density at radius 2 is 1.78 bits per heavy atom. The van der Waals surface area contributed by atoms with E-state index in [0.29, 0.717) is 5.92 Å². The third-order valence-electron chi connectivity index (χ3n) is 3.22. The van der Waals surface area contributed by atoms with Crippen LogP contribution in [-0.4, -0.2) is 0 Å². The Bertz CT molecular complexity index is 587. The SMILES string of the molecule is CC1C=C(c2ccc(-c3ccccc3)s2)C=CC1. The second kappa shape index (κ2) is 4.95. The fourth-order valence-electron chi connectivity index (χ4n) is 2.25. The molecule has 1 aromatic carbocycles. The zero-order valence-electron chi connectivity index (χ0n) is 10.5. The van der Waals surface area contributed by atoms with E-state index in [1.807, 2.05) is 11.3 Å². The van der Waals surface area contributed by atoms with Crippen LogP contribution < -0.4 is 0 Å². The molecular weight excluding hydrogens is 236 g/mol. The Morgan fingerprint density at radius 1 is 1.00 bits per heavy atom. The fraction of sp³-hybridized carbons (Fsp3) is 0.176. The van der Waals surface area contributed by atoms with Gasteiger partial charge in [-0.2, -0.15) is 0 Å². The number of allylic oxidation sites excluding steroid dienone is 4. The van der Waals surface area contributed by atoms with Crippen LogP contribution in [0.25, 0.3) is 16.0 Å². The first-order chi connectivity index (χ1) is 8.83. The maximum atomic E-state index is 2.38. The summed E-state index contributed by atoms with van der Waals surface area (Å²) in [5.41, 5.74) is 2.68. The molecule has 0 saturated carbocycles. The van der Waals surface area contributed by atoms with Crippen molar-refractivity contribution in [2.24, 2.45) is 5.92 Å². The van der Waals surface area contributed by atoms with Crippen molar-refractivity contribution in [3.63, 3.8) is 0 Å². The standard InChI is InChI=1S/C17H16S/c1-13-6-5-9-15(12-13)17-11-10-16(18-17)14-7-3-2-4-8-14/h2-5,7-13H,6H2,1H3. The van der Waals surface area contributed by atoms with Gasteiger partial charge in [0, 0.05) is 9.75 Å². The molecule has 18 heavy (non-hydrogen) atoms. The summed E-state index contributed by atoms with van der Waals surface area (Å²) in [6, 6.07) is 15.1. The van der Waals surface area contributed by atoms with E-state index < -0.39 is 0 Å². The molecule has 0 amide bonds. The summed E-state index contributed by atoms with van der Waals surface area (Å²) in [5.74, 6) is 0.660. The highest BCUT2D eigenvalue weighted by Gasteiger charge is 2.09. The van der Waals surface area contributed by atoms with E-state index >= 15 is 0 Å². The number of rotatable bonds is 2. The lowest BCUT2D eigenvalue weighted by atomic mass is 9.97. The smallest absolute Gasteiger partial charge is 0.0349 e. The van der Waals surface area contributed by atoms with Crippen molar-refractivity contribution < 1.29 is 0 Å². The van der Waals surface area contributed by atoms with Gasteiger partial charge in [-0.25, -0.2) is 0 Å². The molecule has 1 atom stereocenters. The molecule has 1 aromatic heterocycles. The third-order valence-corrected chi connectivity index (χ3v) is 4.40. The van der Waals surface area contributed by atoms with Crippen LogP contribution in [0.5, 0.6) is 0 Å². The average Bonchev–Trinajstić information content (AvgIpc) is 2.89. The van der Waals surface area contributed by atoms with Crippen LogP contribution in [0.4, 0.5) is 0 Å². The lowest BCUT2D eigenvalue weighted by molar-refractivity contribution is 0.740. The molecule has 0 saturated heterocycles. The summed E-state index contributed by atoms with van der Waals surface area (Å²) in [6.45, 7) is 2.27. The zero-order chi connectivity index (χ0) is 12.4. The van der Waals surface area contributed by atoms with Crippen molar-refractivity contribution in [2.75, 3.05) is 0 Å². The molecule has 3 rings (SSSR count). The van der Waals surface area contributed by atoms with Crippen LogP contribution in [0.1, 0.15) is 18.2 Å². The number of hydrogen-bond acceptors (Lipinski definition) is 1. The van der Waals surface area contributed by atoms with Crippen molar-refractivity contribution in [3.05, 3.63) is 65.6 Å². The molecule has 2 aromatic rings. The highest BCUT2D eigenvalue weighted by Crippen LogP contribution is 2.34. The molecule has 0 aliphatic heterocycles. The monoisotopic (exact) mass is 252 g/mol. The summed E-state index contributed by atoms with van der Waals surface area (Å²) in [7, 11) is 0. The van der Waals surface area contributed by atoms with Gasteiger partial charge in [0.25, 0.3) is 0 Å². The van der Waals surface area contributed by atoms with E-state index in [4.69, 9.17) is 0 Å². The van der Waals surface area contributed by atoms with Gasteiger partial charge in [-0.05, 0) is 35.6 Å². The minimum Gasteiger partial charge on any atom is -0.135 e. The molecule has 1 aliphatic carbocycles. The van der Waals surface area contributed by atoms with Gasteiger partial charge < -0.3 is 0 Å². The zero-order valence-corrected chi connectivity index (χ0v) is 11.3. The minimum absolute atomic E-state index is 0.660. The summed E-state index contributed by atoms with van der Waals surface area (Å²) in [4.78, 5) is 2.72. The lowest BCUT2D eigenvalue weighted by Gasteiger charge is -2.10. The normalized spacial score (nSPS) is 18.7. The van der Waals surface area contributed by atoms with Crippen LogP contribution >= 0.6 is 11.3 Å². The van der Waals surface area contributed by atoms with Crippen molar-refractivity contribution in [3.8, 4) is 10.4 Å². The molecule has 0 fully saturated rings. The quantitative estimate of drug-likeness (QED) is 0.671. The second-order valence-corrected chi connectivity index (χ2v) is 5.85. The van der Waals surface area contributed by atoms with Crippen molar-refractivity contribution >= 4 is 16.9 Å². The Labute approximate surface area is 112 Å². The van der Waals surface area contributed by atoms with Crippen LogP contribution in [0.3, 0.4) is 0 Å². The maximum absolute atomic E-state index is 2.38. The first-order valence-electron chi connectivity index (χ1n) is 6.37. The summed E-state index contributed by atoms with van der Waals surface area (Å²) >= 11 is 1.87. The average molecular weight is 252 g/mol. The summed E-state index contributed by atoms with van der Waals surface area (Å²) in [6.07, 6.45) is 8.07. The highest BCUT2D eigenvalue weighted by atomic mass is 32.1. The fourth-order valence-corrected chi connectivity index (χ4v) is 3.27. The Hall–Kier alpha value is -1.60. The van der Waals surface area contributed by atoms with E-state index in [1.165, 1.54) is 27.3 Å². The second-order valence-electron chi connectivity index (χ2n) is 4.77. The van der Waals surface area contributed by atoms with Crippen molar-refractivity contribution in [1.29, 1.82) is 0 Å². The van der Waals surface area contributed by atoms with Gasteiger partial charge in [0.05, 0.1) is 0 Å². The molecule has 0 nitrogen and oxygen atoms in total. The third kappa shape index (κ3) is 2.32. The molecule has 0 radical (unpaired) electrons. The van der Waals surface area contributed by atoms with Gasteiger partial charge in [0.2, 0.25) is 0 Å². The molecule has 1 unspecified atom stereocenters. The van der Waals surface area contributed by atoms with E-state index in [-0.39, 0.29) is 0 Å². The Morgan fingerprint density at radius 3 is 2.56 bits per heavy atom. The topological polar surface area (TPSA) is 0 Å². The molecule has 1 aliphatic rings. The van der Waals surface area contributed by atoms with E-state index in [0.717, 1.165) is 0 Å². The van der Waals surface area contributed by atoms with Gasteiger partial charge in [0.15, 0.2) is 0 Å². The summed E-state index contributed by atoms with van der Waals surface area (Å²) in [5, 5.41) is 0. The van der Waals surface area contributed by atoms with Crippen LogP contribution in [0.2, 0.25) is 0 Å². The van der Waals surface area contributed by atoms with E-state index in [2.05, 4.69) is 67.6 Å².